The Hall–Kier alpha value is -3.06. The van der Waals surface area contributed by atoms with Crippen LogP contribution in [0.15, 0.2) is 42.5 Å². The van der Waals surface area contributed by atoms with Gasteiger partial charge in [-0.1, -0.05) is 6.07 Å². The molecule has 2 amide bonds. The molecule has 2 atom stereocenters. The maximum absolute atomic E-state index is 12.8. The average Bonchev–Trinajstić information content (AvgIpc) is 3.28. The van der Waals surface area contributed by atoms with Crippen LogP contribution in [0.4, 0.5) is 5.69 Å². The third-order valence-corrected chi connectivity index (χ3v) is 4.87. The number of amides is 2. The molecule has 1 aliphatic rings. The van der Waals surface area contributed by atoms with Gasteiger partial charge in [0.1, 0.15) is 17.6 Å². The van der Waals surface area contributed by atoms with Crippen molar-refractivity contribution in [1.29, 1.82) is 0 Å². The number of ether oxygens (including phenoxy) is 3. The molecule has 0 spiro atoms. The van der Waals surface area contributed by atoms with E-state index in [4.69, 9.17) is 14.2 Å². The smallest absolute Gasteiger partial charge is 0.253 e. The van der Waals surface area contributed by atoms with Crippen LogP contribution in [0.25, 0.3) is 0 Å². The second kappa shape index (κ2) is 9.43. The largest absolute Gasteiger partial charge is 0.497 e. The van der Waals surface area contributed by atoms with Crippen molar-refractivity contribution in [2.75, 3.05) is 26.1 Å². The number of benzene rings is 2. The molecule has 7 heteroatoms. The van der Waals surface area contributed by atoms with Gasteiger partial charge < -0.3 is 24.8 Å². The third kappa shape index (κ3) is 5.06. The Morgan fingerprint density at radius 2 is 1.97 bits per heavy atom. The van der Waals surface area contributed by atoms with E-state index in [1.807, 2.05) is 13.0 Å². The minimum atomic E-state index is -0.423. The first-order chi connectivity index (χ1) is 14.0. The van der Waals surface area contributed by atoms with Gasteiger partial charge in [0.05, 0.1) is 20.3 Å². The summed E-state index contributed by atoms with van der Waals surface area (Å²) in [7, 11) is 3.17. The van der Waals surface area contributed by atoms with Gasteiger partial charge in [0.2, 0.25) is 0 Å². The number of carbonyl (C=O) groups is 2. The zero-order valence-corrected chi connectivity index (χ0v) is 16.9. The molecule has 1 aliphatic heterocycles. The highest BCUT2D eigenvalue weighted by atomic mass is 16.5. The molecule has 2 N–H and O–H groups in total. The molecule has 0 bridgehead atoms. The number of hydrogen-bond acceptors (Lipinski definition) is 5. The van der Waals surface area contributed by atoms with Crippen LogP contribution in [0.3, 0.4) is 0 Å². The van der Waals surface area contributed by atoms with E-state index in [1.165, 1.54) is 0 Å². The molecule has 0 radical (unpaired) electrons. The number of anilines is 1. The Morgan fingerprint density at radius 3 is 2.66 bits per heavy atom. The van der Waals surface area contributed by atoms with Crippen LogP contribution in [0.1, 0.15) is 41.7 Å². The molecule has 0 saturated carbocycles. The minimum absolute atomic E-state index is 0.186. The topological polar surface area (TPSA) is 85.9 Å². The standard InChI is InChI=1S/C22H26N2O5/c1-14(18-13-17(27-2)9-10-19(18)28-3)23-21(25)15-6-4-7-16(12-15)24-22(26)20-8-5-11-29-20/h4,6-7,9-10,12-14,20H,5,8,11H2,1-3H3,(H,23,25)(H,24,26)/t14-,20-/m0/s1. The molecule has 1 saturated heterocycles. The summed E-state index contributed by atoms with van der Waals surface area (Å²) in [5.74, 6) is 0.905. The molecule has 154 valence electrons. The van der Waals surface area contributed by atoms with Crippen LogP contribution >= 0.6 is 0 Å². The number of rotatable bonds is 7. The highest BCUT2D eigenvalue weighted by Gasteiger charge is 2.24. The molecule has 1 heterocycles. The van der Waals surface area contributed by atoms with Crippen molar-refractivity contribution in [2.45, 2.75) is 31.9 Å². The Balaban J connectivity index is 1.70. The SMILES string of the molecule is COc1ccc(OC)c([C@H](C)NC(=O)c2cccc(NC(=O)[C@@H]3CCCO3)c2)c1. The fraction of sp³-hybridized carbons (Fsp3) is 0.364. The predicted octanol–water partition coefficient (Wildman–Crippen LogP) is 3.31. The Labute approximate surface area is 170 Å². The summed E-state index contributed by atoms with van der Waals surface area (Å²) >= 11 is 0. The lowest BCUT2D eigenvalue weighted by Gasteiger charge is -2.18. The van der Waals surface area contributed by atoms with Gasteiger partial charge in [-0.05, 0) is 56.2 Å². The lowest BCUT2D eigenvalue weighted by Crippen LogP contribution is -2.28. The first-order valence-electron chi connectivity index (χ1n) is 9.57. The maximum atomic E-state index is 12.8. The number of nitrogens with one attached hydrogen (secondary N) is 2. The second-order valence-electron chi connectivity index (χ2n) is 6.87. The van der Waals surface area contributed by atoms with E-state index in [-0.39, 0.29) is 17.9 Å². The monoisotopic (exact) mass is 398 g/mol. The Bertz CT molecular complexity index is 877. The molecular weight excluding hydrogens is 372 g/mol. The summed E-state index contributed by atoms with van der Waals surface area (Å²) in [5.41, 5.74) is 1.82. The minimum Gasteiger partial charge on any atom is -0.497 e. The summed E-state index contributed by atoms with van der Waals surface area (Å²) in [6, 6.07) is 12.0. The van der Waals surface area contributed by atoms with Gasteiger partial charge in [-0.2, -0.15) is 0 Å². The molecule has 3 rings (SSSR count). The zero-order chi connectivity index (χ0) is 20.8. The fourth-order valence-electron chi connectivity index (χ4n) is 3.28. The maximum Gasteiger partial charge on any atom is 0.253 e. The van der Waals surface area contributed by atoms with Crippen molar-refractivity contribution in [3.63, 3.8) is 0 Å². The molecule has 0 aromatic heterocycles. The van der Waals surface area contributed by atoms with Crippen LogP contribution in [-0.2, 0) is 9.53 Å². The van der Waals surface area contributed by atoms with Gasteiger partial charge in [-0.15, -0.1) is 0 Å². The number of hydrogen-bond donors (Lipinski definition) is 2. The van der Waals surface area contributed by atoms with E-state index >= 15 is 0 Å². The fourth-order valence-corrected chi connectivity index (χ4v) is 3.28. The van der Waals surface area contributed by atoms with Crippen LogP contribution in [-0.4, -0.2) is 38.7 Å². The summed E-state index contributed by atoms with van der Waals surface area (Å²) in [5, 5.41) is 5.78. The summed E-state index contributed by atoms with van der Waals surface area (Å²) in [4.78, 5) is 25.0. The van der Waals surface area contributed by atoms with Gasteiger partial charge in [-0.3, -0.25) is 9.59 Å². The molecule has 2 aromatic rings. The molecule has 7 nitrogen and oxygen atoms in total. The molecule has 29 heavy (non-hydrogen) atoms. The lowest BCUT2D eigenvalue weighted by atomic mass is 10.1. The molecule has 1 fully saturated rings. The van der Waals surface area contributed by atoms with Crippen LogP contribution in [0, 0.1) is 0 Å². The first-order valence-corrected chi connectivity index (χ1v) is 9.57. The number of carbonyl (C=O) groups excluding carboxylic acids is 2. The molecular formula is C22H26N2O5. The molecule has 0 unspecified atom stereocenters. The van der Waals surface area contributed by atoms with E-state index in [9.17, 15) is 9.59 Å². The first kappa shape index (κ1) is 20.7. The van der Waals surface area contributed by atoms with Gasteiger partial charge >= 0.3 is 0 Å². The van der Waals surface area contributed by atoms with Crippen molar-refractivity contribution in [3.05, 3.63) is 53.6 Å². The highest BCUT2D eigenvalue weighted by molar-refractivity contribution is 5.98. The highest BCUT2D eigenvalue weighted by Crippen LogP contribution is 2.29. The van der Waals surface area contributed by atoms with E-state index in [0.717, 1.165) is 12.0 Å². The van der Waals surface area contributed by atoms with Gasteiger partial charge in [0.25, 0.3) is 11.8 Å². The van der Waals surface area contributed by atoms with Crippen molar-refractivity contribution < 1.29 is 23.8 Å². The predicted molar refractivity (Wildman–Crippen MR) is 109 cm³/mol. The summed E-state index contributed by atoms with van der Waals surface area (Å²) in [6.07, 6.45) is 1.17. The van der Waals surface area contributed by atoms with Crippen molar-refractivity contribution in [2.24, 2.45) is 0 Å². The van der Waals surface area contributed by atoms with Crippen LogP contribution < -0.4 is 20.1 Å². The van der Waals surface area contributed by atoms with E-state index in [2.05, 4.69) is 10.6 Å². The quantitative estimate of drug-likeness (QED) is 0.747. The third-order valence-electron chi connectivity index (χ3n) is 4.87. The van der Waals surface area contributed by atoms with Gasteiger partial charge in [0.15, 0.2) is 0 Å². The summed E-state index contributed by atoms with van der Waals surface area (Å²) < 4.78 is 16.1. The summed E-state index contributed by atoms with van der Waals surface area (Å²) in [6.45, 7) is 2.48. The van der Waals surface area contributed by atoms with Crippen LogP contribution in [0.2, 0.25) is 0 Å². The normalized spacial score (nSPS) is 16.7. The van der Waals surface area contributed by atoms with Crippen LogP contribution in [0.5, 0.6) is 11.5 Å². The lowest BCUT2D eigenvalue weighted by molar-refractivity contribution is -0.124. The van der Waals surface area contributed by atoms with Crippen molar-refractivity contribution in [1.82, 2.24) is 5.32 Å². The van der Waals surface area contributed by atoms with E-state index in [1.54, 1.807) is 50.6 Å². The average molecular weight is 398 g/mol. The number of methoxy groups -OCH3 is 2. The van der Waals surface area contributed by atoms with E-state index in [0.29, 0.717) is 35.8 Å². The van der Waals surface area contributed by atoms with Gasteiger partial charge in [-0.25, -0.2) is 0 Å². The molecule has 0 aliphatic carbocycles. The second-order valence-corrected chi connectivity index (χ2v) is 6.87. The molecule has 2 aromatic carbocycles. The van der Waals surface area contributed by atoms with Crippen molar-refractivity contribution >= 4 is 17.5 Å². The zero-order valence-electron chi connectivity index (χ0n) is 16.9. The van der Waals surface area contributed by atoms with Gasteiger partial charge in [0, 0.05) is 23.4 Å². The Kier molecular flexibility index (Phi) is 6.72. The van der Waals surface area contributed by atoms with E-state index < -0.39 is 6.10 Å². The van der Waals surface area contributed by atoms with Crippen molar-refractivity contribution in [3.8, 4) is 11.5 Å². The Morgan fingerprint density at radius 1 is 1.14 bits per heavy atom.